The van der Waals surface area contributed by atoms with Crippen molar-refractivity contribution >= 4 is 75.5 Å². The summed E-state index contributed by atoms with van der Waals surface area (Å²) in [5.41, 5.74) is 0.0801. The molecule has 0 aliphatic heterocycles. The van der Waals surface area contributed by atoms with Gasteiger partial charge in [0.2, 0.25) is 0 Å². The van der Waals surface area contributed by atoms with Crippen LogP contribution in [0.15, 0.2) is 33.3 Å². The summed E-state index contributed by atoms with van der Waals surface area (Å²) in [5.74, 6) is -3.86. The molecule has 21 heavy (non-hydrogen) atoms. The highest BCUT2D eigenvalue weighted by Crippen LogP contribution is 2.34. The number of carbonyl (C=O) groups excluding carboxylic acids is 1. The molecule has 0 heterocycles. The Morgan fingerprint density at radius 2 is 1.48 bits per heavy atom. The van der Waals surface area contributed by atoms with Gasteiger partial charge in [0.15, 0.2) is 0 Å². The molecule has 0 spiro atoms. The monoisotopic (exact) mass is 388 g/mol. The Kier molecular flexibility index (Phi) is 6.38. The molecule has 1 aromatic rings. The van der Waals surface area contributed by atoms with E-state index in [2.05, 4.69) is 0 Å². The highest BCUT2D eigenvalue weighted by molar-refractivity contribution is 6.61. The zero-order chi connectivity index (χ0) is 16.3. The van der Waals surface area contributed by atoms with Crippen LogP contribution in [-0.4, -0.2) is 22.0 Å². The number of benzene rings is 1. The molecule has 9 heteroatoms. The predicted octanol–water partition coefficient (Wildman–Crippen LogP) is 4.80. The van der Waals surface area contributed by atoms with Crippen LogP contribution in [0.2, 0.25) is 10.0 Å². The van der Waals surface area contributed by atoms with Crippen molar-refractivity contribution in [2.45, 2.75) is 0 Å². The van der Waals surface area contributed by atoms with E-state index in [1.807, 2.05) is 0 Å². The van der Waals surface area contributed by atoms with E-state index in [4.69, 9.17) is 63.1 Å². The number of hydrogen-bond acceptors (Lipinski definition) is 3. The second-order valence-corrected chi connectivity index (χ2v) is 5.53. The molecule has 0 aromatic heterocycles. The maximum Gasteiger partial charge on any atom is 0.378 e. The number of ketones is 1. The molecule has 0 saturated heterocycles. The molecule has 1 aromatic carbocycles. The molecular weight excluding hydrogens is 385 g/mol. The number of rotatable bonds is 4. The van der Waals surface area contributed by atoms with Crippen molar-refractivity contribution in [3.8, 4) is 0 Å². The molecule has 1 rings (SSSR count). The Balaban J connectivity index is 3.38. The molecular formula is C12H5Cl5O4. The van der Waals surface area contributed by atoms with Crippen LogP contribution in [0.4, 0.5) is 0 Å². The number of Topliss-reactive ketones (excluding diaryl/α,β-unsaturated/α-hetero) is 1. The second kappa shape index (κ2) is 7.38. The molecule has 0 radical (unpaired) electrons. The van der Waals surface area contributed by atoms with E-state index >= 15 is 0 Å². The van der Waals surface area contributed by atoms with Crippen LogP contribution in [0.3, 0.4) is 0 Å². The zero-order valence-corrected chi connectivity index (χ0v) is 13.6. The third-order valence-electron chi connectivity index (χ3n) is 2.17. The smallest absolute Gasteiger partial charge is 0.378 e. The Hall–Kier alpha value is -0.910. The van der Waals surface area contributed by atoms with Crippen LogP contribution < -0.4 is 0 Å². The minimum atomic E-state index is -1.81. The van der Waals surface area contributed by atoms with Gasteiger partial charge in [0.05, 0.1) is 10.1 Å². The third kappa shape index (κ3) is 4.28. The van der Waals surface area contributed by atoms with Crippen LogP contribution in [0, 0.1) is 0 Å². The van der Waals surface area contributed by atoms with Gasteiger partial charge >= 0.3 is 5.97 Å². The van der Waals surface area contributed by atoms with Crippen LogP contribution in [0.5, 0.6) is 0 Å². The average Bonchev–Trinajstić information content (AvgIpc) is 2.43. The van der Waals surface area contributed by atoms with Crippen molar-refractivity contribution in [2.75, 3.05) is 0 Å². The largest absolute Gasteiger partial charge is 0.506 e. The summed E-state index contributed by atoms with van der Waals surface area (Å²) in [4.78, 5) is 21.7. The number of carboxylic acid groups (broad SMARTS) is 1. The molecule has 0 bridgehead atoms. The topological polar surface area (TPSA) is 74.6 Å². The second-order valence-electron chi connectivity index (χ2n) is 3.55. The van der Waals surface area contributed by atoms with Gasteiger partial charge in [-0.1, -0.05) is 58.0 Å². The Labute approximate surface area is 144 Å². The lowest BCUT2D eigenvalue weighted by Crippen LogP contribution is -2.13. The zero-order valence-electron chi connectivity index (χ0n) is 9.83. The number of carboxylic acids is 1. The number of aliphatic hydroxyl groups is 1. The van der Waals surface area contributed by atoms with E-state index in [0.29, 0.717) is 5.02 Å². The lowest BCUT2D eigenvalue weighted by Gasteiger charge is -2.07. The highest BCUT2D eigenvalue weighted by Gasteiger charge is 2.23. The summed E-state index contributed by atoms with van der Waals surface area (Å²) in [6, 6.07) is 4.14. The predicted molar refractivity (Wildman–Crippen MR) is 83.2 cm³/mol. The van der Waals surface area contributed by atoms with Crippen LogP contribution in [0.25, 0.3) is 5.76 Å². The SMILES string of the molecule is O=C(O)C(=O)/C(Cl)=C(Cl)/C(Cl)=C(\O)c1ccc(Cl)cc1Cl. The Morgan fingerprint density at radius 1 is 0.905 bits per heavy atom. The summed E-state index contributed by atoms with van der Waals surface area (Å²) < 4.78 is 0. The van der Waals surface area contributed by atoms with Gasteiger partial charge in [0, 0.05) is 10.6 Å². The molecule has 0 atom stereocenters. The fraction of sp³-hybridized carbons (Fsp3) is 0. The lowest BCUT2D eigenvalue weighted by atomic mass is 10.1. The maximum absolute atomic E-state index is 11.2. The van der Waals surface area contributed by atoms with E-state index in [0.717, 1.165) is 0 Å². The van der Waals surface area contributed by atoms with Crippen molar-refractivity contribution in [1.82, 2.24) is 0 Å². The third-order valence-corrected chi connectivity index (χ3v) is 4.02. The van der Waals surface area contributed by atoms with Crippen molar-refractivity contribution in [2.24, 2.45) is 0 Å². The van der Waals surface area contributed by atoms with E-state index in [1.54, 1.807) is 0 Å². The van der Waals surface area contributed by atoms with E-state index in [-0.39, 0.29) is 10.6 Å². The van der Waals surface area contributed by atoms with Crippen molar-refractivity contribution in [3.63, 3.8) is 0 Å². The molecule has 0 aliphatic carbocycles. The van der Waals surface area contributed by atoms with Gasteiger partial charge in [-0.2, -0.15) is 0 Å². The summed E-state index contributed by atoms with van der Waals surface area (Å²) in [5, 5.41) is 16.9. The first-order valence-electron chi connectivity index (χ1n) is 5.04. The minimum absolute atomic E-state index is 0.0725. The van der Waals surface area contributed by atoms with Crippen LogP contribution in [0.1, 0.15) is 5.56 Å². The van der Waals surface area contributed by atoms with Gasteiger partial charge in [-0.3, -0.25) is 4.79 Å². The normalized spacial score (nSPS) is 13.4. The first kappa shape index (κ1) is 18.1. The van der Waals surface area contributed by atoms with Gasteiger partial charge in [-0.05, 0) is 18.2 Å². The van der Waals surface area contributed by atoms with Gasteiger partial charge in [-0.25, -0.2) is 4.79 Å². The number of aliphatic hydroxyl groups excluding tert-OH is 1. The Morgan fingerprint density at radius 3 is 1.95 bits per heavy atom. The molecule has 2 N–H and O–H groups in total. The average molecular weight is 390 g/mol. The maximum atomic E-state index is 11.2. The first-order chi connectivity index (χ1) is 9.66. The van der Waals surface area contributed by atoms with Crippen molar-refractivity contribution in [1.29, 1.82) is 0 Å². The molecule has 4 nitrogen and oxygen atoms in total. The van der Waals surface area contributed by atoms with E-state index < -0.39 is 32.6 Å². The number of allylic oxidation sites excluding steroid dienone is 2. The van der Waals surface area contributed by atoms with Crippen molar-refractivity contribution < 1.29 is 19.8 Å². The fourth-order valence-electron chi connectivity index (χ4n) is 1.19. The standard InChI is InChI=1S/C12H5Cl5O4/c13-4-1-2-5(6(14)3-4)10(18)8(16)7(15)9(17)11(19)12(20)21/h1-3,18H,(H,20,21)/b9-7+,10-8+. The van der Waals surface area contributed by atoms with E-state index in [9.17, 15) is 14.7 Å². The number of aliphatic carboxylic acids is 1. The number of halogens is 5. The highest BCUT2D eigenvalue weighted by atomic mass is 35.5. The molecule has 0 amide bonds. The minimum Gasteiger partial charge on any atom is -0.506 e. The van der Waals surface area contributed by atoms with Crippen molar-refractivity contribution in [3.05, 3.63) is 48.9 Å². The van der Waals surface area contributed by atoms with Gasteiger partial charge in [0.25, 0.3) is 5.78 Å². The Bertz CT molecular complexity index is 678. The molecule has 0 unspecified atom stereocenters. The summed E-state index contributed by atoms with van der Waals surface area (Å²) in [7, 11) is 0. The first-order valence-corrected chi connectivity index (χ1v) is 6.93. The van der Waals surface area contributed by atoms with Gasteiger partial charge in [-0.15, -0.1) is 0 Å². The number of hydrogen-bond donors (Lipinski definition) is 2. The summed E-state index contributed by atoms with van der Waals surface area (Å²) >= 11 is 28.6. The van der Waals surface area contributed by atoms with Crippen LogP contribution in [-0.2, 0) is 9.59 Å². The molecule has 0 aliphatic rings. The lowest BCUT2D eigenvalue weighted by molar-refractivity contribution is -0.146. The molecule has 0 saturated carbocycles. The van der Waals surface area contributed by atoms with Gasteiger partial charge < -0.3 is 10.2 Å². The molecule has 0 fully saturated rings. The fourth-order valence-corrected chi connectivity index (χ4v) is 2.29. The van der Waals surface area contributed by atoms with Gasteiger partial charge in [0.1, 0.15) is 15.8 Å². The quantitative estimate of drug-likeness (QED) is 0.335. The number of carbonyl (C=O) groups is 2. The van der Waals surface area contributed by atoms with E-state index in [1.165, 1.54) is 18.2 Å². The summed E-state index contributed by atoms with van der Waals surface area (Å²) in [6.07, 6.45) is 0. The van der Waals surface area contributed by atoms with Crippen LogP contribution >= 0.6 is 58.0 Å². The summed E-state index contributed by atoms with van der Waals surface area (Å²) in [6.45, 7) is 0. The molecule has 112 valence electrons.